The number of amides is 1. The zero-order valence-corrected chi connectivity index (χ0v) is 19.9. The number of aromatic nitrogens is 1. The Labute approximate surface area is 196 Å². The van der Waals surface area contributed by atoms with Gasteiger partial charge in [-0.05, 0) is 60.1 Å². The summed E-state index contributed by atoms with van der Waals surface area (Å²) < 4.78 is 6.05. The molecule has 4 rings (SSSR count). The maximum Gasteiger partial charge on any atom is 0.250 e. The first kappa shape index (κ1) is 23.2. The summed E-state index contributed by atoms with van der Waals surface area (Å²) in [5.74, 6) is 1.51. The zero-order valence-electron chi connectivity index (χ0n) is 19.9. The van der Waals surface area contributed by atoms with Gasteiger partial charge >= 0.3 is 0 Å². The molecule has 0 aliphatic heterocycles. The van der Waals surface area contributed by atoms with Gasteiger partial charge in [0.15, 0.2) is 0 Å². The summed E-state index contributed by atoms with van der Waals surface area (Å²) in [7, 11) is 0. The zero-order chi connectivity index (χ0) is 23.4. The molecule has 33 heavy (non-hydrogen) atoms. The lowest BCUT2D eigenvalue weighted by atomic mass is 9.69. The van der Waals surface area contributed by atoms with Crippen molar-refractivity contribution in [2.75, 3.05) is 0 Å². The number of nitrogens with zero attached hydrogens (tertiary/aromatic N) is 1. The molecule has 1 saturated carbocycles. The van der Waals surface area contributed by atoms with Crippen LogP contribution in [0.15, 0.2) is 54.7 Å². The number of primary amides is 1. The number of pyridine rings is 1. The summed E-state index contributed by atoms with van der Waals surface area (Å²) in [6.07, 6.45) is 7.82. The molecule has 174 valence electrons. The second-order valence-corrected chi connectivity index (χ2v) is 9.89. The van der Waals surface area contributed by atoms with E-state index in [1.165, 1.54) is 49.3 Å². The van der Waals surface area contributed by atoms with E-state index >= 15 is 0 Å². The molecule has 0 atom stereocenters. The monoisotopic (exact) mass is 445 g/mol. The second kappa shape index (κ2) is 9.92. The van der Waals surface area contributed by atoms with Gasteiger partial charge in [0, 0.05) is 30.2 Å². The summed E-state index contributed by atoms with van der Waals surface area (Å²) in [5, 5.41) is 6.03. The normalized spacial score (nSPS) is 18.9. The average Bonchev–Trinajstić information content (AvgIpc) is 2.84. The molecule has 1 aliphatic rings. The van der Waals surface area contributed by atoms with Crippen LogP contribution in [0.5, 0.6) is 11.6 Å². The first-order chi connectivity index (χ1) is 15.9. The molecule has 1 heterocycles. The summed E-state index contributed by atoms with van der Waals surface area (Å²) in [4.78, 5) is 15.5. The van der Waals surface area contributed by atoms with Crippen molar-refractivity contribution in [1.29, 1.82) is 0 Å². The molecule has 1 aromatic heterocycles. The molecule has 1 amide bonds. The van der Waals surface area contributed by atoms with E-state index in [4.69, 9.17) is 10.5 Å². The minimum Gasteiger partial charge on any atom is -0.438 e. The molecular weight excluding hydrogens is 410 g/mol. The number of nitrogens with two attached hydrogens (primary N) is 1. The minimum atomic E-state index is -0.501. The molecule has 0 radical (unpaired) electrons. The predicted octanol–water partition coefficient (Wildman–Crippen LogP) is 6.21. The molecule has 3 N–H and O–H groups in total. The fourth-order valence-electron chi connectivity index (χ4n) is 4.90. The Morgan fingerprint density at radius 2 is 1.79 bits per heavy atom. The third-order valence-electron chi connectivity index (χ3n) is 7.53. The van der Waals surface area contributed by atoms with Crippen molar-refractivity contribution < 1.29 is 9.53 Å². The summed E-state index contributed by atoms with van der Waals surface area (Å²) in [6.45, 7) is 8.00. The van der Waals surface area contributed by atoms with E-state index in [9.17, 15) is 4.79 Å². The number of rotatable bonds is 8. The second-order valence-electron chi connectivity index (χ2n) is 9.89. The van der Waals surface area contributed by atoms with Gasteiger partial charge in [0.2, 0.25) is 11.8 Å². The minimum absolute atomic E-state index is 0.362. The molecule has 0 unspecified atom stereocenters. The van der Waals surface area contributed by atoms with Crippen LogP contribution in [-0.2, 0) is 6.54 Å². The van der Waals surface area contributed by atoms with Gasteiger partial charge in [-0.15, -0.1) is 0 Å². The van der Waals surface area contributed by atoms with Crippen LogP contribution >= 0.6 is 0 Å². The average molecular weight is 446 g/mol. The lowest BCUT2D eigenvalue weighted by Gasteiger charge is -2.39. The van der Waals surface area contributed by atoms with E-state index in [0.29, 0.717) is 22.9 Å². The Morgan fingerprint density at radius 1 is 1.06 bits per heavy atom. The highest BCUT2D eigenvalue weighted by atomic mass is 16.5. The SMILES string of the molecule is CCC(C)(C)C1CCC(NCc2ccc(Oc3ccc(C(N)=O)cn3)c3ccccc23)CC1. The molecule has 0 spiro atoms. The first-order valence-electron chi connectivity index (χ1n) is 12.0. The maximum atomic E-state index is 11.3. The van der Waals surface area contributed by atoms with E-state index in [1.807, 2.05) is 12.1 Å². The predicted molar refractivity (Wildman–Crippen MR) is 133 cm³/mol. The first-order valence-corrected chi connectivity index (χ1v) is 12.0. The molecule has 0 saturated heterocycles. The van der Waals surface area contributed by atoms with E-state index in [2.05, 4.69) is 55.3 Å². The molecular formula is C28H35N3O2. The number of hydrogen-bond acceptors (Lipinski definition) is 4. The highest BCUT2D eigenvalue weighted by molar-refractivity contribution is 5.92. The molecule has 2 aromatic carbocycles. The summed E-state index contributed by atoms with van der Waals surface area (Å²) >= 11 is 0. The van der Waals surface area contributed by atoms with Crippen molar-refractivity contribution in [2.24, 2.45) is 17.1 Å². The fraction of sp³-hybridized carbons (Fsp3) is 0.429. The van der Waals surface area contributed by atoms with Crippen LogP contribution in [0.3, 0.4) is 0 Å². The number of fused-ring (bicyclic) bond motifs is 1. The molecule has 0 bridgehead atoms. The molecule has 3 aromatic rings. The Balaban J connectivity index is 1.44. The summed E-state index contributed by atoms with van der Waals surface area (Å²) in [5.41, 5.74) is 7.38. The van der Waals surface area contributed by atoms with Gasteiger partial charge in [-0.3, -0.25) is 4.79 Å². The number of nitrogens with one attached hydrogen (secondary N) is 1. The standard InChI is InChI=1S/C28H35N3O2/c1-4-28(2,3)21-11-13-22(14-12-21)30-17-19-9-15-25(24-8-6-5-7-23(19)24)33-26-16-10-20(18-31-26)27(29)32/h5-10,15-16,18,21-22,30H,4,11-14,17H2,1-3H3,(H2,29,32). The quantitative estimate of drug-likeness (QED) is 0.432. The van der Waals surface area contributed by atoms with E-state index in [1.54, 1.807) is 12.1 Å². The third kappa shape index (κ3) is 5.36. The van der Waals surface area contributed by atoms with Crippen LogP contribution in [0, 0.1) is 11.3 Å². The van der Waals surface area contributed by atoms with Crippen molar-refractivity contribution >= 4 is 16.7 Å². The van der Waals surface area contributed by atoms with Gasteiger partial charge in [-0.1, -0.05) is 57.5 Å². The Hall–Kier alpha value is -2.92. The lowest BCUT2D eigenvalue weighted by molar-refractivity contribution is 0.1000. The highest BCUT2D eigenvalue weighted by Gasteiger charge is 2.31. The maximum absolute atomic E-state index is 11.3. The third-order valence-corrected chi connectivity index (χ3v) is 7.53. The highest BCUT2D eigenvalue weighted by Crippen LogP contribution is 2.40. The fourth-order valence-corrected chi connectivity index (χ4v) is 4.90. The Bertz CT molecular complexity index is 1100. The van der Waals surface area contributed by atoms with Gasteiger partial charge in [-0.25, -0.2) is 4.98 Å². The molecule has 1 fully saturated rings. The van der Waals surface area contributed by atoms with Crippen LogP contribution in [-0.4, -0.2) is 16.9 Å². The van der Waals surface area contributed by atoms with Gasteiger partial charge in [0.1, 0.15) is 5.75 Å². The van der Waals surface area contributed by atoms with Gasteiger partial charge in [0.25, 0.3) is 0 Å². The van der Waals surface area contributed by atoms with Crippen molar-refractivity contribution in [2.45, 2.75) is 65.5 Å². The van der Waals surface area contributed by atoms with Gasteiger partial charge < -0.3 is 15.8 Å². The van der Waals surface area contributed by atoms with Crippen molar-refractivity contribution in [1.82, 2.24) is 10.3 Å². The largest absolute Gasteiger partial charge is 0.438 e. The van der Waals surface area contributed by atoms with Crippen LogP contribution in [0.25, 0.3) is 10.8 Å². The van der Waals surface area contributed by atoms with E-state index < -0.39 is 5.91 Å². The van der Waals surface area contributed by atoms with Gasteiger partial charge in [0.05, 0.1) is 5.56 Å². The summed E-state index contributed by atoms with van der Waals surface area (Å²) in [6, 6.07) is 16.3. The Morgan fingerprint density at radius 3 is 2.42 bits per heavy atom. The van der Waals surface area contributed by atoms with Crippen LogP contribution in [0.1, 0.15) is 68.8 Å². The number of hydrogen-bond donors (Lipinski definition) is 2. The van der Waals surface area contributed by atoms with Crippen LogP contribution in [0.2, 0.25) is 0 Å². The van der Waals surface area contributed by atoms with Crippen LogP contribution in [0.4, 0.5) is 0 Å². The number of carbonyl (C=O) groups excluding carboxylic acids is 1. The molecule has 5 heteroatoms. The lowest BCUT2D eigenvalue weighted by Crippen LogP contribution is -2.36. The number of carbonyl (C=O) groups is 1. The number of benzene rings is 2. The smallest absolute Gasteiger partial charge is 0.250 e. The Kier molecular flexibility index (Phi) is 6.99. The van der Waals surface area contributed by atoms with Gasteiger partial charge in [-0.2, -0.15) is 0 Å². The van der Waals surface area contributed by atoms with E-state index in [0.717, 1.165) is 23.6 Å². The van der Waals surface area contributed by atoms with Crippen molar-refractivity contribution in [3.63, 3.8) is 0 Å². The topological polar surface area (TPSA) is 77.2 Å². The molecule has 5 nitrogen and oxygen atoms in total. The van der Waals surface area contributed by atoms with Crippen LogP contribution < -0.4 is 15.8 Å². The number of ether oxygens (including phenoxy) is 1. The van der Waals surface area contributed by atoms with Crippen molar-refractivity contribution in [3.8, 4) is 11.6 Å². The van der Waals surface area contributed by atoms with E-state index in [-0.39, 0.29) is 0 Å². The van der Waals surface area contributed by atoms with Crippen molar-refractivity contribution in [3.05, 3.63) is 65.9 Å². The molecule has 1 aliphatic carbocycles.